The smallest absolute Gasteiger partial charge is 0.212 e. The van der Waals surface area contributed by atoms with E-state index in [1.165, 1.54) is 0 Å². The number of rotatable bonds is 2. The van der Waals surface area contributed by atoms with Gasteiger partial charge in [-0.3, -0.25) is 0 Å². The summed E-state index contributed by atoms with van der Waals surface area (Å²) >= 11 is 12.5. The number of pyridine rings is 1. The standard InChI is InChI=1S/C18H23Cl2NO3/c1-17(2,3)11-8-12(10-4-6-18(19,20)7-5-10)21-13-9-14(16(22)23)24-15(11)13/h8-10,16,22-23H,4-7H2,1-3H3. The number of alkyl halides is 2. The summed E-state index contributed by atoms with van der Waals surface area (Å²) < 4.78 is 5.03. The van der Waals surface area contributed by atoms with Crippen molar-refractivity contribution in [3.63, 3.8) is 0 Å². The van der Waals surface area contributed by atoms with Gasteiger partial charge in [-0.25, -0.2) is 4.98 Å². The summed E-state index contributed by atoms with van der Waals surface area (Å²) in [4.78, 5) is 4.72. The molecule has 6 heteroatoms. The second-order valence-electron chi connectivity index (χ2n) is 7.71. The number of aliphatic hydroxyl groups excluding tert-OH is 1. The molecule has 1 saturated carbocycles. The van der Waals surface area contributed by atoms with E-state index in [1.54, 1.807) is 6.07 Å². The van der Waals surface area contributed by atoms with Crippen LogP contribution in [0.2, 0.25) is 0 Å². The van der Waals surface area contributed by atoms with Crippen LogP contribution in [0.5, 0.6) is 0 Å². The Balaban J connectivity index is 2.06. The van der Waals surface area contributed by atoms with Crippen LogP contribution < -0.4 is 0 Å². The molecule has 0 saturated heterocycles. The fourth-order valence-electron chi connectivity index (χ4n) is 3.29. The maximum atomic E-state index is 9.40. The molecule has 4 nitrogen and oxygen atoms in total. The van der Waals surface area contributed by atoms with Gasteiger partial charge in [-0.15, -0.1) is 23.2 Å². The molecule has 2 aromatic rings. The van der Waals surface area contributed by atoms with Crippen LogP contribution in [0.1, 0.15) is 75.7 Å². The van der Waals surface area contributed by atoms with Gasteiger partial charge in [-0.1, -0.05) is 20.8 Å². The molecule has 24 heavy (non-hydrogen) atoms. The minimum absolute atomic E-state index is 0.115. The highest BCUT2D eigenvalue weighted by Gasteiger charge is 2.33. The van der Waals surface area contributed by atoms with Crippen LogP contribution in [0.4, 0.5) is 0 Å². The molecule has 2 heterocycles. The molecule has 132 valence electrons. The van der Waals surface area contributed by atoms with E-state index >= 15 is 0 Å². The van der Waals surface area contributed by atoms with Crippen LogP contribution in [-0.2, 0) is 5.41 Å². The number of hydrogen-bond acceptors (Lipinski definition) is 4. The molecule has 0 amide bonds. The van der Waals surface area contributed by atoms with Crippen LogP contribution in [0.15, 0.2) is 16.5 Å². The predicted molar refractivity (Wildman–Crippen MR) is 95.5 cm³/mol. The summed E-state index contributed by atoms with van der Waals surface area (Å²) in [6.07, 6.45) is 1.64. The normalized spacial score (nSPS) is 19.3. The zero-order valence-electron chi connectivity index (χ0n) is 14.1. The number of halogens is 2. The highest BCUT2D eigenvalue weighted by molar-refractivity contribution is 6.48. The van der Waals surface area contributed by atoms with Crippen molar-refractivity contribution in [3.8, 4) is 0 Å². The first-order chi connectivity index (χ1) is 11.1. The average molecular weight is 372 g/mol. The van der Waals surface area contributed by atoms with Crippen molar-refractivity contribution in [2.45, 2.75) is 68.4 Å². The Morgan fingerprint density at radius 1 is 1.21 bits per heavy atom. The summed E-state index contributed by atoms with van der Waals surface area (Å²) in [5, 5.41) is 18.8. The van der Waals surface area contributed by atoms with Crippen LogP contribution in [0, 0.1) is 0 Å². The maximum Gasteiger partial charge on any atom is 0.212 e. The van der Waals surface area contributed by atoms with Crippen LogP contribution in [0.25, 0.3) is 11.1 Å². The Hall–Kier alpha value is -0.810. The van der Waals surface area contributed by atoms with E-state index in [2.05, 4.69) is 26.8 Å². The van der Waals surface area contributed by atoms with Crippen LogP contribution in [-0.4, -0.2) is 19.5 Å². The monoisotopic (exact) mass is 371 g/mol. The van der Waals surface area contributed by atoms with Gasteiger partial charge < -0.3 is 14.6 Å². The molecule has 0 atom stereocenters. The van der Waals surface area contributed by atoms with Gasteiger partial charge in [-0.05, 0) is 37.2 Å². The molecule has 0 bridgehead atoms. The molecule has 2 N–H and O–H groups in total. The molecule has 0 aromatic carbocycles. The van der Waals surface area contributed by atoms with E-state index in [1.807, 2.05) is 0 Å². The number of fused-ring (bicyclic) bond motifs is 1. The van der Waals surface area contributed by atoms with E-state index in [0.717, 1.165) is 36.9 Å². The highest BCUT2D eigenvalue weighted by atomic mass is 35.5. The molecule has 1 aliphatic rings. The van der Waals surface area contributed by atoms with Crippen LogP contribution in [0.3, 0.4) is 0 Å². The third-order valence-electron chi connectivity index (χ3n) is 4.72. The molecular weight excluding hydrogens is 349 g/mol. The van der Waals surface area contributed by atoms with Gasteiger partial charge in [0, 0.05) is 23.2 Å². The largest absolute Gasteiger partial charge is 0.454 e. The first kappa shape index (κ1) is 18.0. The van der Waals surface area contributed by atoms with Crippen molar-refractivity contribution in [2.24, 2.45) is 0 Å². The van der Waals surface area contributed by atoms with Gasteiger partial charge in [0.05, 0.1) is 0 Å². The average Bonchev–Trinajstić information content (AvgIpc) is 2.89. The SMILES string of the molecule is CC(C)(C)c1cc(C2CCC(Cl)(Cl)CC2)nc2cc(C(O)O)oc12. The van der Waals surface area contributed by atoms with E-state index in [9.17, 15) is 10.2 Å². The Morgan fingerprint density at radius 2 is 1.83 bits per heavy atom. The second kappa shape index (κ2) is 6.17. The lowest BCUT2D eigenvalue weighted by molar-refractivity contribution is -0.0571. The van der Waals surface area contributed by atoms with E-state index in [4.69, 9.17) is 32.6 Å². The first-order valence-corrected chi connectivity index (χ1v) is 9.01. The Kier molecular flexibility index (Phi) is 4.63. The highest BCUT2D eigenvalue weighted by Crippen LogP contribution is 2.44. The number of aromatic nitrogens is 1. The summed E-state index contributed by atoms with van der Waals surface area (Å²) in [6, 6.07) is 3.69. The Bertz CT molecular complexity index is 737. The van der Waals surface area contributed by atoms with Crippen molar-refractivity contribution >= 4 is 34.3 Å². The predicted octanol–water partition coefficient (Wildman–Crippen LogP) is 4.94. The Morgan fingerprint density at radius 3 is 2.38 bits per heavy atom. The molecule has 1 aliphatic carbocycles. The minimum atomic E-state index is -1.64. The van der Waals surface area contributed by atoms with Crippen molar-refractivity contribution in [1.82, 2.24) is 4.98 Å². The Labute approximate surface area is 151 Å². The molecule has 0 spiro atoms. The summed E-state index contributed by atoms with van der Waals surface area (Å²) in [7, 11) is 0. The van der Waals surface area contributed by atoms with E-state index in [-0.39, 0.29) is 11.2 Å². The van der Waals surface area contributed by atoms with Crippen LogP contribution >= 0.6 is 23.2 Å². The fourth-order valence-corrected chi connectivity index (χ4v) is 3.73. The lowest BCUT2D eigenvalue weighted by Crippen LogP contribution is -2.22. The quantitative estimate of drug-likeness (QED) is 0.579. The van der Waals surface area contributed by atoms with Gasteiger partial charge in [0.25, 0.3) is 0 Å². The summed E-state index contributed by atoms with van der Waals surface area (Å²) in [5.41, 5.74) is 3.14. The molecule has 1 fully saturated rings. The van der Waals surface area contributed by atoms with E-state index in [0.29, 0.717) is 17.0 Å². The number of furan rings is 1. The zero-order chi connectivity index (χ0) is 17.7. The third-order valence-corrected chi connectivity index (χ3v) is 5.47. The van der Waals surface area contributed by atoms with Gasteiger partial charge in [-0.2, -0.15) is 0 Å². The van der Waals surface area contributed by atoms with Gasteiger partial charge in [0.1, 0.15) is 9.85 Å². The van der Waals surface area contributed by atoms with Crippen molar-refractivity contribution in [3.05, 3.63) is 29.2 Å². The van der Waals surface area contributed by atoms with Crippen molar-refractivity contribution in [2.75, 3.05) is 0 Å². The first-order valence-electron chi connectivity index (χ1n) is 8.26. The van der Waals surface area contributed by atoms with E-state index < -0.39 is 10.6 Å². The molecule has 0 radical (unpaired) electrons. The second-order valence-corrected chi connectivity index (χ2v) is 9.35. The number of aliphatic hydroxyl groups is 2. The molecule has 0 unspecified atom stereocenters. The number of nitrogens with zero attached hydrogens (tertiary/aromatic N) is 1. The summed E-state index contributed by atoms with van der Waals surface area (Å²) in [6.45, 7) is 6.31. The zero-order valence-corrected chi connectivity index (χ0v) is 15.7. The molecule has 2 aromatic heterocycles. The van der Waals surface area contributed by atoms with Gasteiger partial charge in [0.2, 0.25) is 6.29 Å². The fraction of sp³-hybridized carbons (Fsp3) is 0.611. The lowest BCUT2D eigenvalue weighted by atomic mass is 9.82. The summed E-state index contributed by atoms with van der Waals surface area (Å²) in [5.74, 6) is 0.419. The van der Waals surface area contributed by atoms with Gasteiger partial charge in [0.15, 0.2) is 11.3 Å². The number of hydrogen-bond donors (Lipinski definition) is 2. The molecule has 3 rings (SSSR count). The van der Waals surface area contributed by atoms with Crippen molar-refractivity contribution in [1.29, 1.82) is 0 Å². The topological polar surface area (TPSA) is 66.5 Å². The lowest BCUT2D eigenvalue weighted by Gasteiger charge is -2.31. The third kappa shape index (κ3) is 3.57. The molecule has 0 aliphatic heterocycles. The minimum Gasteiger partial charge on any atom is -0.454 e. The van der Waals surface area contributed by atoms with Crippen molar-refractivity contribution < 1.29 is 14.6 Å². The maximum absolute atomic E-state index is 9.40. The van der Waals surface area contributed by atoms with Gasteiger partial charge >= 0.3 is 0 Å². The molecular formula is C18H23Cl2NO3.